The van der Waals surface area contributed by atoms with Gasteiger partial charge in [-0.2, -0.15) is 0 Å². The Morgan fingerprint density at radius 3 is 2.72 bits per heavy atom. The number of hydrogen-bond donors (Lipinski definition) is 0. The summed E-state index contributed by atoms with van der Waals surface area (Å²) in [6, 6.07) is 8.20. The SMILES string of the molecule is CC(C)(C)C(=O)CCc1cccc2cnccc12. The summed E-state index contributed by atoms with van der Waals surface area (Å²) in [5, 5.41) is 2.34. The van der Waals surface area contributed by atoms with Gasteiger partial charge < -0.3 is 0 Å². The summed E-state index contributed by atoms with van der Waals surface area (Å²) in [5.74, 6) is 0.313. The highest BCUT2D eigenvalue weighted by molar-refractivity contribution is 5.87. The Balaban J connectivity index is 2.20. The topological polar surface area (TPSA) is 30.0 Å². The molecule has 0 saturated heterocycles. The van der Waals surface area contributed by atoms with E-state index in [0.29, 0.717) is 12.2 Å². The summed E-state index contributed by atoms with van der Waals surface area (Å²) in [6.45, 7) is 5.92. The third kappa shape index (κ3) is 2.76. The lowest BCUT2D eigenvalue weighted by molar-refractivity contribution is -0.126. The van der Waals surface area contributed by atoms with Crippen molar-refractivity contribution in [3.8, 4) is 0 Å². The van der Waals surface area contributed by atoms with Crippen LogP contribution in [0.5, 0.6) is 0 Å². The minimum absolute atomic E-state index is 0.244. The molecule has 0 aliphatic carbocycles. The number of aromatic nitrogens is 1. The van der Waals surface area contributed by atoms with E-state index in [1.165, 1.54) is 10.9 Å². The van der Waals surface area contributed by atoms with Crippen molar-refractivity contribution in [2.45, 2.75) is 33.6 Å². The highest BCUT2D eigenvalue weighted by Gasteiger charge is 2.20. The number of hydrogen-bond acceptors (Lipinski definition) is 2. The molecule has 0 atom stereocenters. The summed E-state index contributed by atoms with van der Waals surface area (Å²) >= 11 is 0. The Hall–Kier alpha value is -1.70. The number of nitrogens with zero attached hydrogens (tertiary/aromatic N) is 1. The molecule has 0 unspecified atom stereocenters. The third-order valence-electron chi connectivity index (χ3n) is 3.23. The molecule has 0 saturated carbocycles. The maximum Gasteiger partial charge on any atom is 0.138 e. The fourth-order valence-electron chi connectivity index (χ4n) is 2.03. The predicted molar refractivity (Wildman–Crippen MR) is 74.5 cm³/mol. The largest absolute Gasteiger partial charge is 0.299 e. The van der Waals surface area contributed by atoms with Gasteiger partial charge in [0.05, 0.1) is 0 Å². The second-order valence-electron chi connectivity index (χ2n) is 5.69. The average molecular weight is 241 g/mol. The molecule has 2 nitrogen and oxygen atoms in total. The van der Waals surface area contributed by atoms with Gasteiger partial charge in [-0.1, -0.05) is 39.0 Å². The summed E-state index contributed by atoms with van der Waals surface area (Å²) in [4.78, 5) is 16.1. The van der Waals surface area contributed by atoms with Crippen molar-refractivity contribution < 1.29 is 4.79 Å². The third-order valence-corrected chi connectivity index (χ3v) is 3.23. The molecule has 0 amide bonds. The highest BCUT2D eigenvalue weighted by atomic mass is 16.1. The number of aryl methyl sites for hydroxylation is 1. The van der Waals surface area contributed by atoms with Crippen LogP contribution in [0.4, 0.5) is 0 Å². The van der Waals surface area contributed by atoms with Crippen molar-refractivity contribution >= 4 is 16.6 Å². The molecule has 0 aliphatic heterocycles. The molecule has 18 heavy (non-hydrogen) atoms. The number of Topliss-reactive ketones (excluding diaryl/α,β-unsaturated/α-hetero) is 1. The lowest BCUT2D eigenvalue weighted by atomic mass is 9.87. The van der Waals surface area contributed by atoms with Crippen LogP contribution < -0.4 is 0 Å². The first kappa shape index (κ1) is 12.7. The van der Waals surface area contributed by atoms with Crippen molar-refractivity contribution in [1.82, 2.24) is 4.98 Å². The Morgan fingerprint density at radius 1 is 1.22 bits per heavy atom. The van der Waals surface area contributed by atoms with Gasteiger partial charge in [0.25, 0.3) is 0 Å². The van der Waals surface area contributed by atoms with E-state index < -0.39 is 0 Å². The van der Waals surface area contributed by atoms with E-state index in [9.17, 15) is 4.79 Å². The van der Waals surface area contributed by atoms with Gasteiger partial charge in [0.1, 0.15) is 5.78 Å². The molecule has 1 aromatic carbocycles. The number of carbonyl (C=O) groups excluding carboxylic acids is 1. The van der Waals surface area contributed by atoms with Crippen LogP contribution in [0.2, 0.25) is 0 Å². The standard InChI is InChI=1S/C16H19NO/c1-16(2,3)15(18)8-7-12-5-4-6-13-11-17-10-9-14(12)13/h4-6,9-11H,7-8H2,1-3H3. The number of fused-ring (bicyclic) bond motifs is 1. The van der Waals surface area contributed by atoms with Crippen molar-refractivity contribution in [2.24, 2.45) is 5.41 Å². The fraction of sp³-hybridized carbons (Fsp3) is 0.375. The van der Waals surface area contributed by atoms with E-state index in [1.54, 1.807) is 6.20 Å². The zero-order valence-corrected chi connectivity index (χ0v) is 11.2. The number of rotatable bonds is 3. The van der Waals surface area contributed by atoms with E-state index in [1.807, 2.05) is 39.1 Å². The zero-order valence-electron chi connectivity index (χ0n) is 11.2. The summed E-state index contributed by atoms with van der Waals surface area (Å²) in [5.41, 5.74) is 0.985. The van der Waals surface area contributed by atoms with Gasteiger partial charge in [-0.3, -0.25) is 9.78 Å². The zero-order chi connectivity index (χ0) is 13.2. The summed E-state index contributed by atoms with van der Waals surface area (Å²) in [7, 11) is 0. The molecular formula is C16H19NO. The van der Waals surface area contributed by atoms with E-state index >= 15 is 0 Å². The van der Waals surface area contributed by atoms with Crippen molar-refractivity contribution in [1.29, 1.82) is 0 Å². The predicted octanol–water partition coefficient (Wildman–Crippen LogP) is 3.78. The van der Waals surface area contributed by atoms with Gasteiger partial charge in [-0.05, 0) is 23.4 Å². The smallest absolute Gasteiger partial charge is 0.138 e. The van der Waals surface area contributed by atoms with Crippen LogP contribution in [0, 0.1) is 5.41 Å². The Bertz CT molecular complexity index is 561. The Kier molecular flexibility index (Phi) is 3.46. The first-order valence-electron chi connectivity index (χ1n) is 6.33. The van der Waals surface area contributed by atoms with Crippen LogP contribution in [-0.2, 0) is 11.2 Å². The van der Waals surface area contributed by atoms with Gasteiger partial charge in [0.2, 0.25) is 0 Å². The first-order chi connectivity index (χ1) is 8.48. The normalized spacial score (nSPS) is 11.7. The minimum atomic E-state index is -0.244. The van der Waals surface area contributed by atoms with Crippen molar-refractivity contribution in [3.63, 3.8) is 0 Å². The molecule has 0 aliphatic rings. The van der Waals surface area contributed by atoms with Crippen LogP contribution in [-0.4, -0.2) is 10.8 Å². The highest BCUT2D eigenvalue weighted by Crippen LogP contribution is 2.22. The molecule has 2 aromatic rings. The van der Waals surface area contributed by atoms with Gasteiger partial charge >= 0.3 is 0 Å². The van der Waals surface area contributed by atoms with Crippen LogP contribution >= 0.6 is 0 Å². The molecule has 0 fully saturated rings. The molecular weight excluding hydrogens is 222 g/mol. The van der Waals surface area contributed by atoms with Gasteiger partial charge in [-0.15, -0.1) is 0 Å². The summed E-state index contributed by atoms with van der Waals surface area (Å²) < 4.78 is 0. The molecule has 0 bridgehead atoms. The number of benzene rings is 1. The number of pyridine rings is 1. The molecule has 1 heterocycles. The molecule has 2 rings (SSSR count). The molecule has 0 spiro atoms. The van der Waals surface area contributed by atoms with E-state index in [4.69, 9.17) is 0 Å². The second kappa shape index (κ2) is 4.89. The first-order valence-corrected chi connectivity index (χ1v) is 6.33. The molecule has 0 radical (unpaired) electrons. The quantitative estimate of drug-likeness (QED) is 0.818. The van der Waals surface area contributed by atoms with Gasteiger partial charge in [0, 0.05) is 29.6 Å². The number of carbonyl (C=O) groups is 1. The van der Waals surface area contributed by atoms with E-state index in [2.05, 4.69) is 17.1 Å². The average Bonchev–Trinajstić information content (AvgIpc) is 2.34. The Labute approximate surface area is 108 Å². The maximum atomic E-state index is 12.0. The second-order valence-corrected chi connectivity index (χ2v) is 5.69. The van der Waals surface area contributed by atoms with Crippen LogP contribution in [0.1, 0.15) is 32.8 Å². The lowest BCUT2D eigenvalue weighted by Gasteiger charge is -2.16. The molecule has 94 valence electrons. The fourth-order valence-corrected chi connectivity index (χ4v) is 2.03. The van der Waals surface area contributed by atoms with E-state index in [0.717, 1.165) is 11.8 Å². The Morgan fingerprint density at radius 2 is 2.00 bits per heavy atom. The van der Waals surface area contributed by atoms with Crippen LogP contribution in [0.15, 0.2) is 36.7 Å². The van der Waals surface area contributed by atoms with Crippen molar-refractivity contribution in [2.75, 3.05) is 0 Å². The van der Waals surface area contributed by atoms with Crippen LogP contribution in [0.25, 0.3) is 10.8 Å². The van der Waals surface area contributed by atoms with Gasteiger partial charge in [-0.25, -0.2) is 0 Å². The van der Waals surface area contributed by atoms with Crippen molar-refractivity contribution in [3.05, 3.63) is 42.2 Å². The molecule has 2 heteroatoms. The lowest BCUT2D eigenvalue weighted by Crippen LogP contribution is -2.20. The maximum absolute atomic E-state index is 12.0. The minimum Gasteiger partial charge on any atom is -0.299 e. The summed E-state index contributed by atoms with van der Waals surface area (Å²) in [6.07, 6.45) is 5.07. The monoisotopic (exact) mass is 241 g/mol. The number of ketones is 1. The molecule has 0 N–H and O–H groups in total. The molecule has 1 aromatic heterocycles. The van der Waals surface area contributed by atoms with Crippen LogP contribution in [0.3, 0.4) is 0 Å². The van der Waals surface area contributed by atoms with Gasteiger partial charge in [0.15, 0.2) is 0 Å². The van der Waals surface area contributed by atoms with E-state index in [-0.39, 0.29) is 5.41 Å².